The molecule has 146 valence electrons. The topological polar surface area (TPSA) is 73.3 Å². The second-order valence-corrected chi connectivity index (χ2v) is 6.50. The molecule has 26 heavy (non-hydrogen) atoms. The highest BCUT2D eigenvalue weighted by Gasteiger charge is 2.29. The molecule has 0 bridgehead atoms. The molecule has 1 unspecified atom stereocenters. The third kappa shape index (κ3) is 4.94. The van der Waals surface area contributed by atoms with Crippen molar-refractivity contribution in [3.8, 4) is 17.2 Å². The molecular formula is C19H31N3O4. The fourth-order valence-corrected chi connectivity index (χ4v) is 3.14. The lowest BCUT2D eigenvalue weighted by molar-refractivity contribution is 0.0243. The molecule has 1 aliphatic rings. The Kier molecular flexibility index (Phi) is 7.38. The minimum Gasteiger partial charge on any atom is -0.493 e. The van der Waals surface area contributed by atoms with Crippen molar-refractivity contribution in [2.24, 2.45) is 4.99 Å². The van der Waals surface area contributed by atoms with Gasteiger partial charge in [-0.2, -0.15) is 0 Å². The molecule has 1 aromatic carbocycles. The zero-order valence-electron chi connectivity index (χ0n) is 16.5. The Bertz CT molecular complexity index is 613. The number of nitrogens with one attached hydrogen (secondary N) is 2. The molecule has 2 N–H and O–H groups in total. The number of nitrogens with zero attached hydrogens (tertiary/aromatic N) is 1. The first kappa shape index (κ1) is 20.2. The first-order valence-corrected chi connectivity index (χ1v) is 8.93. The van der Waals surface area contributed by atoms with Crippen molar-refractivity contribution in [2.45, 2.75) is 31.8 Å². The lowest BCUT2D eigenvalue weighted by Gasteiger charge is -2.24. The minimum absolute atomic E-state index is 0.107. The van der Waals surface area contributed by atoms with Crippen molar-refractivity contribution < 1.29 is 18.9 Å². The van der Waals surface area contributed by atoms with Gasteiger partial charge >= 0.3 is 0 Å². The van der Waals surface area contributed by atoms with E-state index in [-0.39, 0.29) is 5.60 Å². The van der Waals surface area contributed by atoms with Crippen LogP contribution in [0, 0.1) is 0 Å². The van der Waals surface area contributed by atoms with Crippen molar-refractivity contribution in [1.82, 2.24) is 10.6 Å². The molecule has 1 heterocycles. The van der Waals surface area contributed by atoms with Gasteiger partial charge in [-0.25, -0.2) is 0 Å². The van der Waals surface area contributed by atoms with Crippen LogP contribution in [0.5, 0.6) is 17.2 Å². The number of aliphatic imine (C=N–C) groups is 1. The van der Waals surface area contributed by atoms with Gasteiger partial charge in [-0.3, -0.25) is 4.99 Å². The van der Waals surface area contributed by atoms with E-state index < -0.39 is 0 Å². The summed E-state index contributed by atoms with van der Waals surface area (Å²) in [7, 11) is 6.63. The van der Waals surface area contributed by atoms with E-state index in [1.54, 1.807) is 28.4 Å². The van der Waals surface area contributed by atoms with Crippen molar-refractivity contribution in [3.05, 3.63) is 17.7 Å². The van der Waals surface area contributed by atoms with Crippen LogP contribution in [0.25, 0.3) is 0 Å². The molecular weight excluding hydrogens is 334 g/mol. The van der Waals surface area contributed by atoms with Crippen LogP contribution in [0.15, 0.2) is 17.1 Å². The average molecular weight is 365 g/mol. The third-order valence-corrected chi connectivity index (χ3v) is 4.63. The Morgan fingerprint density at radius 1 is 1.15 bits per heavy atom. The highest BCUT2D eigenvalue weighted by atomic mass is 16.5. The minimum atomic E-state index is -0.107. The van der Waals surface area contributed by atoms with Gasteiger partial charge in [0.25, 0.3) is 0 Å². The second kappa shape index (κ2) is 9.52. The van der Waals surface area contributed by atoms with Gasteiger partial charge in [-0.1, -0.05) is 6.07 Å². The van der Waals surface area contributed by atoms with Gasteiger partial charge < -0.3 is 29.6 Å². The van der Waals surface area contributed by atoms with Gasteiger partial charge in [0.05, 0.1) is 26.9 Å². The normalized spacial score (nSPS) is 20.0. The van der Waals surface area contributed by atoms with E-state index in [1.807, 2.05) is 12.1 Å². The van der Waals surface area contributed by atoms with E-state index in [9.17, 15) is 0 Å². The van der Waals surface area contributed by atoms with Gasteiger partial charge in [0.2, 0.25) is 5.75 Å². The predicted molar refractivity (Wildman–Crippen MR) is 103 cm³/mol. The number of hydrogen-bond donors (Lipinski definition) is 2. The molecule has 1 aromatic rings. The first-order chi connectivity index (χ1) is 12.6. The quantitative estimate of drug-likeness (QED) is 0.542. The van der Waals surface area contributed by atoms with Crippen LogP contribution in [-0.4, -0.2) is 59.6 Å². The summed E-state index contributed by atoms with van der Waals surface area (Å²) in [4.78, 5) is 4.28. The van der Waals surface area contributed by atoms with E-state index in [0.717, 1.165) is 43.9 Å². The van der Waals surface area contributed by atoms with Gasteiger partial charge in [0.15, 0.2) is 17.5 Å². The summed E-state index contributed by atoms with van der Waals surface area (Å²) in [5.41, 5.74) is 0.934. The number of ether oxygens (including phenoxy) is 4. The molecule has 1 fully saturated rings. The molecule has 0 aromatic heterocycles. The van der Waals surface area contributed by atoms with Gasteiger partial charge in [0.1, 0.15) is 0 Å². The van der Waals surface area contributed by atoms with Crippen LogP contribution in [-0.2, 0) is 11.2 Å². The van der Waals surface area contributed by atoms with E-state index in [0.29, 0.717) is 23.8 Å². The van der Waals surface area contributed by atoms with Crippen LogP contribution in [0.3, 0.4) is 0 Å². The maximum absolute atomic E-state index is 5.80. The molecule has 7 heteroatoms. The predicted octanol–water partition coefficient (Wildman–Crippen LogP) is 1.99. The van der Waals surface area contributed by atoms with Crippen LogP contribution < -0.4 is 24.8 Å². The Morgan fingerprint density at radius 3 is 2.50 bits per heavy atom. The Balaban J connectivity index is 1.91. The van der Waals surface area contributed by atoms with Crippen molar-refractivity contribution in [3.63, 3.8) is 0 Å². The van der Waals surface area contributed by atoms with Crippen LogP contribution in [0.1, 0.15) is 25.3 Å². The number of rotatable bonds is 8. The molecule has 2 rings (SSSR count). The summed E-state index contributed by atoms with van der Waals surface area (Å²) in [6, 6.07) is 3.88. The smallest absolute Gasteiger partial charge is 0.203 e. The maximum atomic E-state index is 5.80. The molecule has 1 saturated heterocycles. The van der Waals surface area contributed by atoms with Crippen LogP contribution in [0.4, 0.5) is 0 Å². The van der Waals surface area contributed by atoms with Gasteiger partial charge in [-0.05, 0) is 32.3 Å². The number of hydrogen-bond acceptors (Lipinski definition) is 5. The van der Waals surface area contributed by atoms with E-state index in [1.165, 1.54) is 0 Å². The van der Waals surface area contributed by atoms with Gasteiger partial charge in [-0.15, -0.1) is 0 Å². The summed E-state index contributed by atoms with van der Waals surface area (Å²) in [5.74, 6) is 2.73. The molecule has 1 aliphatic heterocycles. The van der Waals surface area contributed by atoms with Crippen molar-refractivity contribution in [1.29, 1.82) is 0 Å². The molecule has 0 amide bonds. The Hall–Kier alpha value is -2.15. The van der Waals surface area contributed by atoms with E-state index >= 15 is 0 Å². The van der Waals surface area contributed by atoms with Crippen molar-refractivity contribution in [2.75, 3.05) is 48.1 Å². The maximum Gasteiger partial charge on any atom is 0.203 e. The first-order valence-electron chi connectivity index (χ1n) is 8.93. The molecule has 7 nitrogen and oxygen atoms in total. The standard InChI is InChI=1S/C19H31N3O4/c1-19(10-6-12-26-19)13-22-18(20-2)21-11-9-14-7-8-15(23-3)17(25-5)16(14)24-4/h7-8H,6,9-13H2,1-5H3,(H2,20,21,22). The second-order valence-electron chi connectivity index (χ2n) is 6.50. The fraction of sp³-hybridized carbons (Fsp3) is 0.632. The van der Waals surface area contributed by atoms with Crippen LogP contribution >= 0.6 is 0 Å². The molecule has 0 spiro atoms. The van der Waals surface area contributed by atoms with Gasteiger partial charge in [0, 0.05) is 32.3 Å². The number of methoxy groups -OCH3 is 3. The highest BCUT2D eigenvalue weighted by Crippen LogP contribution is 2.39. The fourth-order valence-electron chi connectivity index (χ4n) is 3.14. The summed E-state index contributed by atoms with van der Waals surface area (Å²) in [5, 5.41) is 6.68. The largest absolute Gasteiger partial charge is 0.493 e. The van der Waals surface area contributed by atoms with E-state index in [2.05, 4.69) is 22.5 Å². The highest BCUT2D eigenvalue weighted by molar-refractivity contribution is 5.79. The zero-order chi connectivity index (χ0) is 19.0. The lowest BCUT2D eigenvalue weighted by Crippen LogP contribution is -2.45. The summed E-state index contributed by atoms with van der Waals surface area (Å²) >= 11 is 0. The average Bonchev–Trinajstić information content (AvgIpc) is 3.10. The van der Waals surface area contributed by atoms with E-state index in [4.69, 9.17) is 18.9 Å². The lowest BCUT2D eigenvalue weighted by atomic mass is 10.0. The molecule has 0 aliphatic carbocycles. The number of benzene rings is 1. The van der Waals surface area contributed by atoms with Crippen molar-refractivity contribution >= 4 is 5.96 Å². The molecule has 1 atom stereocenters. The number of guanidine groups is 1. The third-order valence-electron chi connectivity index (χ3n) is 4.63. The monoisotopic (exact) mass is 365 g/mol. The summed E-state index contributed by atoms with van der Waals surface area (Å²) < 4.78 is 22.1. The Morgan fingerprint density at radius 2 is 1.92 bits per heavy atom. The Labute approximate surface area is 156 Å². The summed E-state index contributed by atoms with van der Waals surface area (Å²) in [6.45, 7) is 4.42. The zero-order valence-corrected chi connectivity index (χ0v) is 16.5. The SMILES string of the molecule is CN=C(NCCc1ccc(OC)c(OC)c1OC)NCC1(C)CCCO1. The van der Waals surface area contributed by atoms with Crippen LogP contribution in [0.2, 0.25) is 0 Å². The molecule has 0 radical (unpaired) electrons. The molecule has 0 saturated carbocycles. The summed E-state index contributed by atoms with van der Waals surface area (Å²) in [6.07, 6.45) is 2.95.